The highest BCUT2D eigenvalue weighted by molar-refractivity contribution is 5.64. The van der Waals surface area contributed by atoms with Gasteiger partial charge in [0.05, 0.1) is 19.3 Å². The van der Waals surface area contributed by atoms with Crippen LogP contribution in [0, 0.1) is 0 Å². The van der Waals surface area contributed by atoms with Crippen molar-refractivity contribution in [2.45, 2.75) is 44.5 Å². The molecule has 2 heterocycles. The minimum Gasteiger partial charge on any atom is -0.465 e. The van der Waals surface area contributed by atoms with E-state index in [1.54, 1.807) is 0 Å². The standard InChI is InChI=1S/C13H23NO5/c15-13(16)14-6-4-11(5-7-14)17-9-10-19-12-3-1-2-8-18-12/h11-12H,1-10H2,(H,15,16). The molecule has 2 aliphatic rings. The molecule has 0 radical (unpaired) electrons. The molecule has 1 atom stereocenters. The summed E-state index contributed by atoms with van der Waals surface area (Å²) in [5, 5.41) is 8.83. The number of carboxylic acid groups (broad SMARTS) is 1. The fraction of sp³-hybridized carbons (Fsp3) is 0.923. The molecular formula is C13H23NO5. The predicted octanol–water partition coefficient (Wildman–Crippen LogP) is 1.69. The summed E-state index contributed by atoms with van der Waals surface area (Å²) in [5.41, 5.74) is 0. The van der Waals surface area contributed by atoms with Gasteiger partial charge in [-0.05, 0) is 32.1 Å². The van der Waals surface area contributed by atoms with Gasteiger partial charge in [0.1, 0.15) is 0 Å². The SMILES string of the molecule is O=C(O)N1CCC(OCCOC2CCCCO2)CC1. The molecule has 0 aliphatic carbocycles. The van der Waals surface area contributed by atoms with Crippen LogP contribution in [-0.4, -0.2) is 61.4 Å². The topological polar surface area (TPSA) is 68.2 Å². The Morgan fingerprint density at radius 2 is 1.89 bits per heavy atom. The van der Waals surface area contributed by atoms with E-state index < -0.39 is 6.09 Å². The van der Waals surface area contributed by atoms with Crippen molar-refractivity contribution >= 4 is 6.09 Å². The monoisotopic (exact) mass is 273 g/mol. The quantitative estimate of drug-likeness (QED) is 0.772. The van der Waals surface area contributed by atoms with Gasteiger partial charge in [-0.2, -0.15) is 0 Å². The molecule has 2 rings (SSSR count). The van der Waals surface area contributed by atoms with Crippen LogP contribution in [-0.2, 0) is 14.2 Å². The van der Waals surface area contributed by atoms with E-state index in [4.69, 9.17) is 19.3 Å². The summed E-state index contributed by atoms with van der Waals surface area (Å²) < 4.78 is 16.7. The van der Waals surface area contributed by atoms with Crippen LogP contribution >= 0.6 is 0 Å². The Balaban J connectivity index is 1.51. The maximum atomic E-state index is 10.7. The Hall–Kier alpha value is -0.850. The van der Waals surface area contributed by atoms with E-state index in [0.717, 1.165) is 32.3 Å². The number of rotatable bonds is 5. The van der Waals surface area contributed by atoms with Crippen LogP contribution < -0.4 is 0 Å². The van der Waals surface area contributed by atoms with E-state index in [1.165, 1.54) is 11.3 Å². The summed E-state index contributed by atoms with van der Waals surface area (Å²) in [6.07, 6.45) is 4.06. The number of nitrogens with zero attached hydrogens (tertiary/aromatic N) is 1. The van der Waals surface area contributed by atoms with Gasteiger partial charge in [-0.25, -0.2) is 4.79 Å². The number of piperidine rings is 1. The highest BCUT2D eigenvalue weighted by Gasteiger charge is 2.22. The molecule has 6 nitrogen and oxygen atoms in total. The van der Waals surface area contributed by atoms with Crippen LogP contribution in [0.15, 0.2) is 0 Å². The van der Waals surface area contributed by atoms with Gasteiger partial charge >= 0.3 is 6.09 Å². The van der Waals surface area contributed by atoms with E-state index in [2.05, 4.69) is 0 Å². The summed E-state index contributed by atoms with van der Waals surface area (Å²) in [4.78, 5) is 12.2. The molecule has 19 heavy (non-hydrogen) atoms. The van der Waals surface area contributed by atoms with Gasteiger partial charge in [-0.3, -0.25) is 0 Å². The van der Waals surface area contributed by atoms with Crippen LogP contribution in [0.3, 0.4) is 0 Å². The zero-order valence-electron chi connectivity index (χ0n) is 11.3. The van der Waals surface area contributed by atoms with Gasteiger partial charge in [0.25, 0.3) is 0 Å². The highest BCUT2D eigenvalue weighted by atomic mass is 16.7. The first kappa shape index (κ1) is 14.6. The minimum absolute atomic E-state index is 0.0637. The molecule has 110 valence electrons. The second kappa shape index (κ2) is 7.67. The first-order valence-electron chi connectivity index (χ1n) is 7.08. The zero-order valence-corrected chi connectivity index (χ0v) is 11.3. The molecule has 2 fully saturated rings. The maximum absolute atomic E-state index is 10.7. The van der Waals surface area contributed by atoms with Crippen molar-refractivity contribution in [2.24, 2.45) is 0 Å². The van der Waals surface area contributed by atoms with Crippen molar-refractivity contribution in [3.05, 3.63) is 0 Å². The van der Waals surface area contributed by atoms with E-state index in [1.807, 2.05) is 0 Å². The van der Waals surface area contributed by atoms with Crippen molar-refractivity contribution in [2.75, 3.05) is 32.9 Å². The lowest BCUT2D eigenvalue weighted by Gasteiger charge is -2.30. The molecular weight excluding hydrogens is 250 g/mol. The van der Waals surface area contributed by atoms with E-state index >= 15 is 0 Å². The van der Waals surface area contributed by atoms with Crippen LogP contribution in [0.2, 0.25) is 0 Å². The largest absolute Gasteiger partial charge is 0.465 e. The Bertz CT molecular complexity index is 272. The molecule has 0 saturated carbocycles. The smallest absolute Gasteiger partial charge is 0.407 e. The van der Waals surface area contributed by atoms with Crippen LogP contribution in [0.4, 0.5) is 4.79 Å². The second-order valence-electron chi connectivity index (χ2n) is 5.01. The lowest BCUT2D eigenvalue weighted by Crippen LogP contribution is -2.40. The average Bonchev–Trinajstić information content (AvgIpc) is 2.45. The Labute approximate surface area is 113 Å². The first-order chi connectivity index (χ1) is 9.25. The molecule has 0 aromatic heterocycles. The first-order valence-corrected chi connectivity index (χ1v) is 7.08. The summed E-state index contributed by atoms with van der Waals surface area (Å²) in [7, 11) is 0. The molecule has 0 spiro atoms. The van der Waals surface area contributed by atoms with Gasteiger partial charge < -0.3 is 24.2 Å². The summed E-state index contributed by atoms with van der Waals surface area (Å²) in [6.45, 7) is 3.01. The van der Waals surface area contributed by atoms with Gasteiger partial charge in [0.15, 0.2) is 6.29 Å². The third-order valence-corrected chi connectivity index (χ3v) is 3.59. The number of hydrogen-bond donors (Lipinski definition) is 1. The summed E-state index contributed by atoms with van der Waals surface area (Å²) >= 11 is 0. The van der Waals surface area contributed by atoms with E-state index in [0.29, 0.717) is 26.3 Å². The fourth-order valence-corrected chi connectivity index (χ4v) is 2.45. The number of carbonyl (C=O) groups is 1. The number of likely N-dealkylation sites (tertiary alicyclic amines) is 1. The van der Waals surface area contributed by atoms with Gasteiger partial charge in [-0.15, -0.1) is 0 Å². The average molecular weight is 273 g/mol. The molecule has 1 unspecified atom stereocenters. The van der Waals surface area contributed by atoms with Gasteiger partial charge in [-0.1, -0.05) is 0 Å². The lowest BCUT2D eigenvalue weighted by atomic mass is 10.1. The molecule has 1 N–H and O–H groups in total. The van der Waals surface area contributed by atoms with Crippen molar-refractivity contribution in [3.8, 4) is 0 Å². The highest BCUT2D eigenvalue weighted by Crippen LogP contribution is 2.15. The Kier molecular flexibility index (Phi) is 5.88. The zero-order chi connectivity index (χ0) is 13.5. The third kappa shape index (κ3) is 4.97. The minimum atomic E-state index is -0.837. The second-order valence-corrected chi connectivity index (χ2v) is 5.01. The number of hydrogen-bond acceptors (Lipinski definition) is 4. The maximum Gasteiger partial charge on any atom is 0.407 e. The van der Waals surface area contributed by atoms with Crippen molar-refractivity contribution < 1.29 is 24.1 Å². The van der Waals surface area contributed by atoms with Gasteiger partial charge in [0, 0.05) is 19.7 Å². The third-order valence-electron chi connectivity index (χ3n) is 3.59. The molecule has 0 bridgehead atoms. The number of ether oxygens (including phenoxy) is 3. The summed E-state index contributed by atoms with van der Waals surface area (Å²) in [6, 6.07) is 0. The van der Waals surface area contributed by atoms with E-state index in [-0.39, 0.29) is 12.4 Å². The predicted molar refractivity (Wildman–Crippen MR) is 68.1 cm³/mol. The number of amides is 1. The molecule has 2 aliphatic heterocycles. The van der Waals surface area contributed by atoms with Crippen LogP contribution in [0.25, 0.3) is 0 Å². The fourth-order valence-electron chi connectivity index (χ4n) is 2.45. The van der Waals surface area contributed by atoms with Gasteiger partial charge in [0.2, 0.25) is 0 Å². The lowest BCUT2D eigenvalue weighted by molar-refractivity contribution is -0.172. The Morgan fingerprint density at radius 3 is 2.53 bits per heavy atom. The summed E-state index contributed by atoms with van der Waals surface area (Å²) in [5.74, 6) is 0. The molecule has 1 amide bonds. The Morgan fingerprint density at radius 1 is 1.16 bits per heavy atom. The van der Waals surface area contributed by atoms with Crippen molar-refractivity contribution in [1.29, 1.82) is 0 Å². The molecule has 0 aromatic rings. The van der Waals surface area contributed by atoms with Crippen molar-refractivity contribution in [1.82, 2.24) is 4.90 Å². The van der Waals surface area contributed by atoms with Crippen LogP contribution in [0.5, 0.6) is 0 Å². The molecule has 0 aromatic carbocycles. The molecule has 2 saturated heterocycles. The van der Waals surface area contributed by atoms with Crippen molar-refractivity contribution in [3.63, 3.8) is 0 Å². The molecule has 6 heteroatoms. The normalized spacial score (nSPS) is 25.5. The van der Waals surface area contributed by atoms with E-state index in [9.17, 15) is 4.79 Å². The van der Waals surface area contributed by atoms with Crippen LogP contribution in [0.1, 0.15) is 32.1 Å².